The van der Waals surface area contributed by atoms with Crippen LogP contribution in [0.3, 0.4) is 0 Å². The molecule has 1 aliphatic heterocycles. The molecule has 17 heavy (non-hydrogen) atoms. The largest absolute Gasteiger partial charge is 0.480 e. The Morgan fingerprint density at radius 3 is 2.76 bits per heavy atom. The van der Waals surface area contributed by atoms with Gasteiger partial charge in [0.15, 0.2) is 0 Å². The van der Waals surface area contributed by atoms with Crippen LogP contribution < -0.4 is 5.32 Å². The lowest BCUT2D eigenvalue weighted by Gasteiger charge is -2.27. The first-order chi connectivity index (χ1) is 8.04. The first kappa shape index (κ1) is 13.5. The molecule has 1 heterocycles. The van der Waals surface area contributed by atoms with Crippen LogP contribution in [0.4, 0.5) is 0 Å². The summed E-state index contributed by atoms with van der Waals surface area (Å²) in [7, 11) is 0. The first-order valence-corrected chi connectivity index (χ1v) is 5.81. The molecule has 1 saturated heterocycles. The van der Waals surface area contributed by atoms with Crippen molar-refractivity contribution in [2.75, 3.05) is 19.6 Å². The number of hydrogen-bond acceptors (Lipinski definition) is 3. The summed E-state index contributed by atoms with van der Waals surface area (Å²) in [5, 5.41) is 11.4. The first-order valence-electron chi connectivity index (χ1n) is 5.81. The van der Waals surface area contributed by atoms with E-state index >= 15 is 0 Å². The number of nitrogens with one attached hydrogen (secondary N) is 1. The molecule has 0 spiro atoms. The van der Waals surface area contributed by atoms with Crippen LogP contribution in [0.25, 0.3) is 0 Å². The van der Waals surface area contributed by atoms with Crippen LogP contribution in [0, 0.1) is 5.92 Å². The summed E-state index contributed by atoms with van der Waals surface area (Å²) >= 11 is 0. The molecule has 1 fully saturated rings. The second-order valence-electron chi connectivity index (χ2n) is 4.19. The molecule has 0 aromatic heterocycles. The van der Waals surface area contributed by atoms with Crippen LogP contribution in [0.2, 0.25) is 0 Å². The maximum Gasteiger partial charge on any atom is 0.323 e. The molecule has 6 nitrogen and oxygen atoms in total. The number of carbonyl (C=O) groups is 3. The van der Waals surface area contributed by atoms with E-state index in [0.717, 1.165) is 0 Å². The van der Waals surface area contributed by atoms with Crippen LogP contribution in [0.5, 0.6) is 0 Å². The Balaban J connectivity index is 2.62. The summed E-state index contributed by atoms with van der Waals surface area (Å²) in [4.78, 5) is 35.2. The minimum absolute atomic E-state index is 0.138. The SMILES string of the molecule is CCCN(CC(=O)O)C(=O)C1CCNC(=O)C1. The van der Waals surface area contributed by atoms with E-state index in [1.807, 2.05) is 6.92 Å². The summed E-state index contributed by atoms with van der Waals surface area (Å²) in [5.41, 5.74) is 0. The molecule has 96 valence electrons. The van der Waals surface area contributed by atoms with E-state index in [4.69, 9.17) is 5.11 Å². The summed E-state index contributed by atoms with van der Waals surface area (Å²) in [5.74, 6) is -1.74. The van der Waals surface area contributed by atoms with Gasteiger partial charge in [0, 0.05) is 25.4 Å². The smallest absolute Gasteiger partial charge is 0.323 e. The number of aliphatic carboxylic acids is 1. The predicted octanol–water partition coefficient (Wildman–Crippen LogP) is -0.164. The molecule has 1 atom stereocenters. The topological polar surface area (TPSA) is 86.7 Å². The molecule has 1 unspecified atom stereocenters. The number of rotatable bonds is 5. The zero-order valence-electron chi connectivity index (χ0n) is 9.94. The summed E-state index contributed by atoms with van der Waals surface area (Å²) in [6.07, 6.45) is 1.46. The van der Waals surface area contributed by atoms with Crippen molar-refractivity contribution in [2.24, 2.45) is 5.92 Å². The molecular weight excluding hydrogens is 224 g/mol. The minimum Gasteiger partial charge on any atom is -0.480 e. The lowest BCUT2D eigenvalue weighted by Crippen LogP contribution is -2.45. The van der Waals surface area contributed by atoms with E-state index in [2.05, 4.69) is 5.32 Å². The number of nitrogens with zero attached hydrogens (tertiary/aromatic N) is 1. The highest BCUT2D eigenvalue weighted by Crippen LogP contribution is 2.16. The van der Waals surface area contributed by atoms with Crippen molar-refractivity contribution in [1.82, 2.24) is 10.2 Å². The molecule has 0 radical (unpaired) electrons. The van der Waals surface area contributed by atoms with Gasteiger partial charge in [0.2, 0.25) is 11.8 Å². The maximum atomic E-state index is 12.1. The molecule has 2 N–H and O–H groups in total. The zero-order valence-corrected chi connectivity index (χ0v) is 9.94. The van der Waals surface area contributed by atoms with E-state index in [1.54, 1.807) is 0 Å². The van der Waals surface area contributed by atoms with Gasteiger partial charge in [-0.1, -0.05) is 6.92 Å². The molecule has 6 heteroatoms. The molecule has 0 bridgehead atoms. The van der Waals surface area contributed by atoms with E-state index in [0.29, 0.717) is 25.9 Å². The van der Waals surface area contributed by atoms with Crippen molar-refractivity contribution in [3.05, 3.63) is 0 Å². The van der Waals surface area contributed by atoms with Gasteiger partial charge < -0.3 is 15.3 Å². The molecule has 0 saturated carbocycles. The molecule has 0 aromatic carbocycles. The van der Waals surface area contributed by atoms with Crippen molar-refractivity contribution in [3.8, 4) is 0 Å². The predicted molar refractivity (Wildman–Crippen MR) is 60.2 cm³/mol. The van der Waals surface area contributed by atoms with E-state index < -0.39 is 5.97 Å². The Labute approximate surface area is 100.0 Å². The van der Waals surface area contributed by atoms with Crippen LogP contribution in [0.15, 0.2) is 0 Å². The second-order valence-corrected chi connectivity index (χ2v) is 4.19. The van der Waals surface area contributed by atoms with Gasteiger partial charge in [-0.25, -0.2) is 0 Å². The van der Waals surface area contributed by atoms with Crippen LogP contribution in [0.1, 0.15) is 26.2 Å². The fraction of sp³-hybridized carbons (Fsp3) is 0.727. The third-order valence-electron chi connectivity index (χ3n) is 2.73. The molecular formula is C11H18N2O4. The summed E-state index contributed by atoms with van der Waals surface area (Å²) in [6.45, 7) is 2.51. The lowest BCUT2D eigenvalue weighted by atomic mass is 9.96. The molecule has 1 aliphatic rings. The van der Waals surface area contributed by atoms with Gasteiger partial charge in [0.25, 0.3) is 0 Å². The Morgan fingerprint density at radius 2 is 2.24 bits per heavy atom. The molecule has 2 amide bonds. The molecule has 0 aromatic rings. The van der Waals surface area contributed by atoms with Gasteiger partial charge >= 0.3 is 5.97 Å². The third kappa shape index (κ3) is 4.05. The number of carbonyl (C=O) groups excluding carboxylic acids is 2. The molecule has 0 aliphatic carbocycles. The van der Waals surface area contributed by atoms with Crippen LogP contribution in [-0.2, 0) is 14.4 Å². The van der Waals surface area contributed by atoms with Gasteiger partial charge in [0.05, 0.1) is 0 Å². The number of hydrogen-bond donors (Lipinski definition) is 2. The van der Waals surface area contributed by atoms with Gasteiger partial charge in [0.1, 0.15) is 6.54 Å². The zero-order chi connectivity index (χ0) is 12.8. The normalized spacial score (nSPS) is 19.6. The summed E-state index contributed by atoms with van der Waals surface area (Å²) < 4.78 is 0. The number of carboxylic acids is 1. The average molecular weight is 242 g/mol. The highest BCUT2D eigenvalue weighted by molar-refractivity contribution is 5.88. The fourth-order valence-corrected chi connectivity index (χ4v) is 1.95. The highest BCUT2D eigenvalue weighted by Gasteiger charge is 2.29. The number of amides is 2. The number of carboxylic acid groups (broad SMARTS) is 1. The van der Waals surface area contributed by atoms with Crippen molar-refractivity contribution >= 4 is 17.8 Å². The Kier molecular flexibility index (Phi) is 4.93. The van der Waals surface area contributed by atoms with Crippen LogP contribution >= 0.6 is 0 Å². The standard InChI is InChI=1S/C11H18N2O4/c1-2-5-13(7-10(15)16)11(17)8-3-4-12-9(14)6-8/h8H,2-7H2,1H3,(H,12,14)(H,15,16). The van der Waals surface area contributed by atoms with E-state index in [1.165, 1.54) is 4.90 Å². The van der Waals surface area contributed by atoms with Crippen molar-refractivity contribution < 1.29 is 19.5 Å². The van der Waals surface area contributed by atoms with E-state index in [-0.39, 0.29) is 30.7 Å². The second kappa shape index (κ2) is 6.22. The fourth-order valence-electron chi connectivity index (χ4n) is 1.95. The van der Waals surface area contributed by atoms with Crippen molar-refractivity contribution in [1.29, 1.82) is 0 Å². The average Bonchev–Trinajstić information content (AvgIpc) is 2.27. The van der Waals surface area contributed by atoms with Gasteiger partial charge in [-0.3, -0.25) is 14.4 Å². The minimum atomic E-state index is -1.02. The van der Waals surface area contributed by atoms with E-state index in [9.17, 15) is 14.4 Å². The van der Waals surface area contributed by atoms with Crippen molar-refractivity contribution in [3.63, 3.8) is 0 Å². The number of piperidine rings is 1. The van der Waals surface area contributed by atoms with Gasteiger partial charge in [-0.15, -0.1) is 0 Å². The van der Waals surface area contributed by atoms with Crippen LogP contribution in [-0.4, -0.2) is 47.4 Å². The summed E-state index contributed by atoms with van der Waals surface area (Å²) in [6, 6.07) is 0. The Morgan fingerprint density at radius 1 is 1.53 bits per heavy atom. The molecule has 1 rings (SSSR count). The third-order valence-corrected chi connectivity index (χ3v) is 2.73. The van der Waals surface area contributed by atoms with Gasteiger partial charge in [-0.2, -0.15) is 0 Å². The Hall–Kier alpha value is -1.59. The maximum absolute atomic E-state index is 12.1. The monoisotopic (exact) mass is 242 g/mol. The highest BCUT2D eigenvalue weighted by atomic mass is 16.4. The van der Waals surface area contributed by atoms with Gasteiger partial charge in [-0.05, 0) is 12.8 Å². The Bertz CT molecular complexity index is 317. The van der Waals surface area contributed by atoms with Crippen molar-refractivity contribution in [2.45, 2.75) is 26.2 Å². The lowest BCUT2D eigenvalue weighted by molar-refractivity contribution is -0.147. The quantitative estimate of drug-likeness (QED) is 0.701.